The van der Waals surface area contributed by atoms with Crippen molar-refractivity contribution in [1.82, 2.24) is 20.4 Å². The Balaban J connectivity index is 0.00000408. The van der Waals surface area contributed by atoms with Crippen molar-refractivity contribution in [2.75, 3.05) is 58.9 Å². The molecule has 3 rings (SSSR count). The molecule has 34 heavy (non-hydrogen) atoms. The molecule has 0 radical (unpaired) electrons. The van der Waals surface area contributed by atoms with Crippen molar-refractivity contribution in [3.63, 3.8) is 0 Å². The van der Waals surface area contributed by atoms with E-state index in [1.165, 1.54) is 56.8 Å². The lowest BCUT2D eigenvalue weighted by Crippen LogP contribution is -2.46. The van der Waals surface area contributed by atoms with Crippen molar-refractivity contribution in [2.24, 2.45) is 4.99 Å². The standard InChI is InChI=1S/C28H43N5.HI/c1-3-29-28(30-18-11-12-20-33-23-21-32(4-2)22-24-33)31-19-17-27(25-13-7-5-8-14-25)26-15-9-6-10-16-26;/h5-10,13-16,27H,3-4,11-12,17-24H2,1-2H3,(H2,29,30,31);1H. The van der Waals surface area contributed by atoms with Crippen LogP contribution in [-0.4, -0.2) is 74.7 Å². The quantitative estimate of drug-likeness (QED) is 0.165. The molecule has 2 N–H and O–H groups in total. The molecule has 2 aromatic carbocycles. The highest BCUT2D eigenvalue weighted by molar-refractivity contribution is 14.0. The fourth-order valence-corrected chi connectivity index (χ4v) is 4.54. The van der Waals surface area contributed by atoms with Crippen LogP contribution in [0.1, 0.15) is 50.2 Å². The SMILES string of the molecule is CCNC(=NCCCCN1CCN(CC)CC1)NCCC(c1ccccc1)c1ccccc1.I. The highest BCUT2D eigenvalue weighted by atomic mass is 127. The summed E-state index contributed by atoms with van der Waals surface area (Å²) in [5.41, 5.74) is 2.74. The van der Waals surface area contributed by atoms with E-state index in [1.807, 2.05) is 0 Å². The molecule has 1 fully saturated rings. The largest absolute Gasteiger partial charge is 0.357 e. The summed E-state index contributed by atoms with van der Waals surface area (Å²) in [5, 5.41) is 6.98. The zero-order valence-corrected chi connectivity index (χ0v) is 23.4. The lowest BCUT2D eigenvalue weighted by molar-refractivity contribution is 0.136. The fourth-order valence-electron chi connectivity index (χ4n) is 4.54. The zero-order valence-electron chi connectivity index (χ0n) is 21.1. The monoisotopic (exact) mass is 577 g/mol. The van der Waals surface area contributed by atoms with Gasteiger partial charge in [-0.3, -0.25) is 4.99 Å². The lowest BCUT2D eigenvalue weighted by atomic mass is 9.88. The molecule has 188 valence electrons. The third-order valence-corrected chi connectivity index (χ3v) is 6.54. The average Bonchev–Trinajstić information content (AvgIpc) is 2.87. The van der Waals surface area contributed by atoms with Crippen LogP contribution in [0.4, 0.5) is 0 Å². The maximum absolute atomic E-state index is 4.83. The van der Waals surface area contributed by atoms with Gasteiger partial charge in [0.15, 0.2) is 5.96 Å². The zero-order chi connectivity index (χ0) is 23.1. The number of rotatable bonds is 12. The summed E-state index contributed by atoms with van der Waals surface area (Å²) in [5.74, 6) is 1.32. The Labute approximate surface area is 224 Å². The number of nitrogens with zero attached hydrogens (tertiary/aromatic N) is 3. The van der Waals surface area contributed by atoms with Crippen molar-refractivity contribution in [3.8, 4) is 0 Å². The van der Waals surface area contributed by atoms with E-state index < -0.39 is 0 Å². The highest BCUT2D eigenvalue weighted by Crippen LogP contribution is 2.27. The Kier molecular flexibility index (Phi) is 14.2. The molecule has 1 heterocycles. The van der Waals surface area contributed by atoms with Gasteiger partial charge in [0.1, 0.15) is 0 Å². The Morgan fingerprint density at radius 3 is 1.97 bits per heavy atom. The molecule has 0 aromatic heterocycles. The minimum absolute atomic E-state index is 0. The number of unbranched alkanes of at least 4 members (excludes halogenated alkanes) is 1. The molecular formula is C28H44IN5. The third kappa shape index (κ3) is 9.92. The number of hydrogen-bond donors (Lipinski definition) is 2. The van der Waals surface area contributed by atoms with E-state index in [0.29, 0.717) is 5.92 Å². The van der Waals surface area contributed by atoms with Gasteiger partial charge in [0, 0.05) is 51.7 Å². The van der Waals surface area contributed by atoms with Crippen LogP contribution in [0.2, 0.25) is 0 Å². The van der Waals surface area contributed by atoms with Crippen LogP contribution >= 0.6 is 24.0 Å². The molecule has 0 atom stereocenters. The molecule has 0 spiro atoms. The molecule has 1 saturated heterocycles. The molecule has 0 amide bonds. The van der Waals surface area contributed by atoms with E-state index in [4.69, 9.17) is 4.99 Å². The number of halogens is 1. The van der Waals surface area contributed by atoms with Crippen LogP contribution in [0.3, 0.4) is 0 Å². The number of hydrogen-bond acceptors (Lipinski definition) is 3. The van der Waals surface area contributed by atoms with Gasteiger partial charge in [-0.1, -0.05) is 67.6 Å². The van der Waals surface area contributed by atoms with Crippen molar-refractivity contribution in [1.29, 1.82) is 0 Å². The Bertz CT molecular complexity index is 751. The van der Waals surface area contributed by atoms with Crippen molar-refractivity contribution >= 4 is 29.9 Å². The maximum atomic E-state index is 4.83. The summed E-state index contributed by atoms with van der Waals surface area (Å²) in [7, 11) is 0. The second kappa shape index (κ2) is 16.9. The second-order valence-corrected chi connectivity index (χ2v) is 8.83. The summed E-state index contributed by atoms with van der Waals surface area (Å²) in [6.45, 7) is 14.3. The van der Waals surface area contributed by atoms with Crippen LogP contribution < -0.4 is 10.6 Å². The summed E-state index contributed by atoms with van der Waals surface area (Å²) in [6, 6.07) is 21.6. The van der Waals surface area contributed by atoms with Crippen LogP contribution in [-0.2, 0) is 0 Å². The van der Waals surface area contributed by atoms with Gasteiger partial charge < -0.3 is 20.4 Å². The van der Waals surface area contributed by atoms with E-state index in [2.05, 4.69) is 94.9 Å². The predicted molar refractivity (Wildman–Crippen MR) is 157 cm³/mol. The van der Waals surface area contributed by atoms with Gasteiger partial charge in [0.2, 0.25) is 0 Å². The normalized spacial score (nSPS) is 15.2. The van der Waals surface area contributed by atoms with Crippen LogP contribution in [0.15, 0.2) is 65.7 Å². The van der Waals surface area contributed by atoms with Crippen molar-refractivity contribution in [3.05, 3.63) is 71.8 Å². The average molecular weight is 578 g/mol. The van der Waals surface area contributed by atoms with E-state index in [9.17, 15) is 0 Å². The number of piperazine rings is 1. The van der Waals surface area contributed by atoms with Gasteiger partial charge in [-0.05, 0) is 50.4 Å². The predicted octanol–water partition coefficient (Wildman–Crippen LogP) is 4.80. The van der Waals surface area contributed by atoms with E-state index in [-0.39, 0.29) is 24.0 Å². The van der Waals surface area contributed by atoms with E-state index in [0.717, 1.165) is 38.4 Å². The van der Waals surface area contributed by atoms with Crippen LogP contribution in [0.25, 0.3) is 0 Å². The Morgan fingerprint density at radius 2 is 1.41 bits per heavy atom. The molecule has 0 bridgehead atoms. The van der Waals surface area contributed by atoms with Gasteiger partial charge in [0.25, 0.3) is 0 Å². The fraction of sp³-hybridized carbons (Fsp3) is 0.536. The van der Waals surface area contributed by atoms with E-state index in [1.54, 1.807) is 0 Å². The summed E-state index contributed by atoms with van der Waals surface area (Å²) < 4.78 is 0. The molecule has 0 saturated carbocycles. The van der Waals surface area contributed by atoms with Gasteiger partial charge in [-0.2, -0.15) is 0 Å². The first kappa shape index (κ1) is 28.6. The first-order valence-corrected chi connectivity index (χ1v) is 12.9. The molecular weight excluding hydrogens is 533 g/mol. The molecule has 6 heteroatoms. The van der Waals surface area contributed by atoms with Gasteiger partial charge >= 0.3 is 0 Å². The van der Waals surface area contributed by atoms with Gasteiger partial charge in [-0.25, -0.2) is 0 Å². The molecule has 5 nitrogen and oxygen atoms in total. The number of benzene rings is 2. The molecule has 0 unspecified atom stereocenters. The summed E-state index contributed by atoms with van der Waals surface area (Å²) in [4.78, 5) is 9.97. The van der Waals surface area contributed by atoms with Crippen LogP contribution in [0, 0.1) is 0 Å². The summed E-state index contributed by atoms with van der Waals surface area (Å²) >= 11 is 0. The van der Waals surface area contributed by atoms with Gasteiger partial charge in [0.05, 0.1) is 0 Å². The number of guanidine groups is 1. The Morgan fingerprint density at radius 1 is 0.824 bits per heavy atom. The minimum atomic E-state index is 0. The minimum Gasteiger partial charge on any atom is -0.357 e. The summed E-state index contributed by atoms with van der Waals surface area (Å²) in [6.07, 6.45) is 3.39. The van der Waals surface area contributed by atoms with E-state index >= 15 is 0 Å². The number of likely N-dealkylation sites (N-methyl/N-ethyl adjacent to an activating group) is 1. The lowest BCUT2D eigenvalue weighted by Gasteiger charge is -2.33. The third-order valence-electron chi connectivity index (χ3n) is 6.54. The first-order valence-electron chi connectivity index (χ1n) is 12.9. The van der Waals surface area contributed by atoms with Crippen molar-refractivity contribution in [2.45, 2.75) is 39.0 Å². The highest BCUT2D eigenvalue weighted by Gasteiger charge is 2.15. The number of nitrogens with one attached hydrogen (secondary N) is 2. The molecule has 1 aliphatic heterocycles. The maximum Gasteiger partial charge on any atom is 0.191 e. The molecule has 1 aliphatic rings. The van der Waals surface area contributed by atoms with Crippen LogP contribution in [0.5, 0.6) is 0 Å². The van der Waals surface area contributed by atoms with Gasteiger partial charge in [-0.15, -0.1) is 24.0 Å². The Hall–Kier alpha value is -1.64. The second-order valence-electron chi connectivity index (χ2n) is 8.83. The molecule has 0 aliphatic carbocycles. The molecule has 2 aromatic rings. The number of aliphatic imine (C=N–C) groups is 1. The first-order chi connectivity index (χ1) is 16.3. The smallest absolute Gasteiger partial charge is 0.191 e. The van der Waals surface area contributed by atoms with Crippen molar-refractivity contribution < 1.29 is 0 Å². The topological polar surface area (TPSA) is 42.9 Å².